The number of hydrogen-bond donors (Lipinski definition) is 4. The maximum absolute atomic E-state index is 12.2. The summed E-state index contributed by atoms with van der Waals surface area (Å²) in [5.74, 6) is 0.697. The largest absolute Gasteiger partial charge is 0.497 e. The minimum Gasteiger partial charge on any atom is -0.497 e. The Morgan fingerprint density at radius 2 is 1.65 bits per heavy atom. The van der Waals surface area contributed by atoms with Crippen molar-refractivity contribution in [1.29, 1.82) is 0 Å². The monoisotopic (exact) mass is 523 g/mol. The van der Waals surface area contributed by atoms with Crippen molar-refractivity contribution in [2.45, 2.75) is 43.7 Å². The molecule has 1 saturated carbocycles. The normalized spacial score (nSPS) is 19.8. The molecule has 9 heteroatoms. The fourth-order valence-corrected chi connectivity index (χ4v) is 5.76. The lowest BCUT2D eigenvalue weighted by Crippen LogP contribution is -2.49. The highest BCUT2D eigenvalue weighted by molar-refractivity contribution is 7.88. The molecule has 0 atom stereocenters. The van der Waals surface area contributed by atoms with Gasteiger partial charge >= 0.3 is 16.3 Å². The van der Waals surface area contributed by atoms with Gasteiger partial charge < -0.3 is 15.2 Å². The average Bonchev–Trinajstić information content (AvgIpc) is 2.91. The smallest absolute Gasteiger partial charge is 0.419 e. The Hall–Kier alpha value is -3.40. The van der Waals surface area contributed by atoms with Gasteiger partial charge in [0.15, 0.2) is 0 Å². The van der Waals surface area contributed by atoms with Crippen LogP contribution < -0.4 is 19.5 Å². The molecule has 3 aromatic rings. The lowest BCUT2D eigenvalue weighted by molar-refractivity contribution is 0.200. The molecule has 0 radical (unpaired) electrons. The molecular weight excluding hydrogens is 490 g/mol. The van der Waals surface area contributed by atoms with E-state index in [1.807, 2.05) is 42.5 Å². The molecule has 0 saturated heterocycles. The van der Waals surface area contributed by atoms with Gasteiger partial charge in [-0.15, -0.1) is 0 Å². The molecule has 0 spiro atoms. The summed E-state index contributed by atoms with van der Waals surface area (Å²) in [4.78, 5) is 10.9. The molecular formula is C28H33N3O5S. The molecule has 4 N–H and O–H groups in total. The van der Waals surface area contributed by atoms with Crippen molar-refractivity contribution in [2.24, 2.45) is 0 Å². The second kappa shape index (κ2) is 11.8. The van der Waals surface area contributed by atoms with E-state index < -0.39 is 21.7 Å². The molecule has 1 fully saturated rings. The van der Waals surface area contributed by atoms with Crippen LogP contribution in [0.5, 0.6) is 5.75 Å². The zero-order chi connectivity index (χ0) is 26.3. The summed E-state index contributed by atoms with van der Waals surface area (Å²) in [6.45, 7) is 0.845. The molecule has 0 heterocycles. The number of amides is 1. The lowest BCUT2D eigenvalue weighted by atomic mass is 9.68. The number of ether oxygens (including phenoxy) is 1. The molecule has 0 aliphatic heterocycles. The van der Waals surface area contributed by atoms with Crippen molar-refractivity contribution in [3.63, 3.8) is 0 Å². The topological polar surface area (TPSA) is 117 Å². The second-order valence-electron chi connectivity index (χ2n) is 9.46. The summed E-state index contributed by atoms with van der Waals surface area (Å²) in [7, 11) is -2.58. The van der Waals surface area contributed by atoms with Crippen molar-refractivity contribution in [3.8, 4) is 16.9 Å². The van der Waals surface area contributed by atoms with Gasteiger partial charge in [0.05, 0.1) is 7.11 Å². The summed E-state index contributed by atoms with van der Waals surface area (Å²) in [6.07, 6.45) is 1.56. The number of carbonyl (C=O) groups is 1. The van der Waals surface area contributed by atoms with Gasteiger partial charge in [0.2, 0.25) is 0 Å². The Morgan fingerprint density at radius 3 is 2.30 bits per heavy atom. The SMILES string of the molecule is COc1cccc([C@]2(CNS(=O)(=O)NC(=O)O)CC[C@H](NCc3ccc(-c4ccccc4)cc3)CC2)c1. The predicted octanol–water partition coefficient (Wildman–Crippen LogP) is 4.43. The molecule has 3 aromatic carbocycles. The Bertz CT molecular complexity index is 1290. The van der Waals surface area contributed by atoms with Gasteiger partial charge in [-0.2, -0.15) is 13.1 Å². The first-order chi connectivity index (χ1) is 17.8. The number of benzene rings is 3. The molecule has 1 aliphatic rings. The lowest BCUT2D eigenvalue weighted by Gasteiger charge is -2.41. The minimum atomic E-state index is -4.17. The third kappa shape index (κ3) is 7.09. The quantitative estimate of drug-likeness (QED) is 0.312. The maximum atomic E-state index is 12.2. The predicted molar refractivity (Wildman–Crippen MR) is 144 cm³/mol. The molecule has 0 bridgehead atoms. The summed E-state index contributed by atoms with van der Waals surface area (Å²) < 4.78 is 33.7. The van der Waals surface area contributed by atoms with Gasteiger partial charge in [0.1, 0.15) is 5.75 Å². The zero-order valence-electron chi connectivity index (χ0n) is 20.8. The number of hydrogen-bond acceptors (Lipinski definition) is 5. The van der Waals surface area contributed by atoms with Crippen LogP contribution in [0.4, 0.5) is 4.79 Å². The van der Waals surface area contributed by atoms with Gasteiger partial charge in [-0.05, 0) is 60.1 Å². The van der Waals surface area contributed by atoms with Crippen LogP contribution in [0.2, 0.25) is 0 Å². The highest BCUT2D eigenvalue weighted by Gasteiger charge is 2.38. The summed E-state index contributed by atoms with van der Waals surface area (Å²) in [5, 5.41) is 12.5. The molecule has 37 heavy (non-hydrogen) atoms. The van der Waals surface area contributed by atoms with E-state index in [0.29, 0.717) is 11.8 Å². The van der Waals surface area contributed by atoms with Crippen LogP contribution in [0.3, 0.4) is 0 Å². The Balaban J connectivity index is 1.40. The molecule has 196 valence electrons. The van der Waals surface area contributed by atoms with Crippen LogP contribution in [0.1, 0.15) is 36.8 Å². The van der Waals surface area contributed by atoms with E-state index in [9.17, 15) is 13.2 Å². The highest BCUT2D eigenvalue weighted by atomic mass is 32.2. The second-order valence-corrected chi connectivity index (χ2v) is 11.0. The fourth-order valence-electron chi connectivity index (χ4n) is 4.99. The van der Waals surface area contributed by atoms with Gasteiger partial charge in [-0.1, -0.05) is 66.7 Å². The van der Waals surface area contributed by atoms with Crippen LogP contribution in [0.25, 0.3) is 11.1 Å². The Labute approximate surface area is 218 Å². The van der Waals surface area contributed by atoms with Crippen molar-refractivity contribution in [2.75, 3.05) is 13.7 Å². The van der Waals surface area contributed by atoms with Crippen molar-refractivity contribution in [1.82, 2.24) is 14.8 Å². The summed E-state index contributed by atoms with van der Waals surface area (Å²) in [6, 6.07) is 26.8. The van der Waals surface area contributed by atoms with Crippen LogP contribution >= 0.6 is 0 Å². The minimum absolute atomic E-state index is 0.0937. The molecule has 0 aromatic heterocycles. The third-order valence-corrected chi connectivity index (χ3v) is 8.07. The Morgan fingerprint density at radius 1 is 0.973 bits per heavy atom. The van der Waals surface area contributed by atoms with Crippen molar-refractivity contribution >= 4 is 16.3 Å². The van der Waals surface area contributed by atoms with Crippen LogP contribution in [0, 0.1) is 0 Å². The van der Waals surface area contributed by atoms with E-state index >= 15 is 0 Å². The average molecular weight is 524 g/mol. The molecule has 0 unspecified atom stereocenters. The number of carboxylic acid groups (broad SMARTS) is 1. The summed E-state index contributed by atoms with van der Waals surface area (Å²) in [5.41, 5.74) is 4.08. The van der Waals surface area contributed by atoms with Gasteiger partial charge in [-0.25, -0.2) is 9.52 Å². The number of rotatable bonds is 10. The summed E-state index contributed by atoms with van der Waals surface area (Å²) >= 11 is 0. The van der Waals surface area contributed by atoms with E-state index in [-0.39, 0.29) is 6.54 Å². The molecule has 1 amide bonds. The number of methoxy groups -OCH3 is 1. The van der Waals surface area contributed by atoms with E-state index in [2.05, 4.69) is 46.4 Å². The first-order valence-electron chi connectivity index (χ1n) is 12.3. The maximum Gasteiger partial charge on any atom is 0.419 e. The fraction of sp³-hybridized carbons (Fsp3) is 0.321. The molecule has 8 nitrogen and oxygen atoms in total. The van der Waals surface area contributed by atoms with E-state index in [4.69, 9.17) is 9.84 Å². The Kier molecular flexibility index (Phi) is 8.48. The number of nitrogens with one attached hydrogen (secondary N) is 3. The highest BCUT2D eigenvalue weighted by Crippen LogP contribution is 2.40. The van der Waals surface area contributed by atoms with Crippen LogP contribution in [-0.4, -0.2) is 39.3 Å². The van der Waals surface area contributed by atoms with Gasteiger partial charge in [0.25, 0.3) is 0 Å². The molecule has 1 aliphatic carbocycles. The van der Waals surface area contributed by atoms with Crippen molar-refractivity contribution in [3.05, 3.63) is 90.0 Å². The van der Waals surface area contributed by atoms with Gasteiger partial charge in [-0.3, -0.25) is 0 Å². The first kappa shape index (κ1) is 26.7. The van der Waals surface area contributed by atoms with Crippen LogP contribution in [0.15, 0.2) is 78.9 Å². The standard InChI is InChI=1S/C28H33N3O5S/c1-36-26-9-5-8-24(18-26)28(20-30-37(34,35)31-27(32)33)16-14-25(15-17-28)29-19-21-10-12-23(13-11-21)22-6-3-2-4-7-22/h2-13,18,25,29-31H,14-17,19-20H2,1H3,(H,32,33)/t25-,28+. The first-order valence-corrected chi connectivity index (χ1v) is 13.8. The van der Waals surface area contributed by atoms with Crippen LogP contribution in [-0.2, 0) is 22.2 Å². The van der Waals surface area contributed by atoms with E-state index in [1.54, 1.807) is 11.8 Å². The molecule has 4 rings (SSSR count). The van der Waals surface area contributed by atoms with E-state index in [0.717, 1.165) is 37.8 Å². The van der Waals surface area contributed by atoms with Gasteiger partial charge in [0, 0.05) is 24.5 Å². The third-order valence-electron chi connectivity index (χ3n) is 7.10. The zero-order valence-corrected chi connectivity index (χ0v) is 21.6. The van der Waals surface area contributed by atoms with Crippen molar-refractivity contribution < 1.29 is 23.1 Å². The van der Waals surface area contributed by atoms with E-state index in [1.165, 1.54) is 16.7 Å².